The van der Waals surface area contributed by atoms with Crippen molar-refractivity contribution in [3.05, 3.63) is 29.8 Å². The van der Waals surface area contributed by atoms with Gasteiger partial charge in [0.15, 0.2) is 0 Å². The van der Waals surface area contributed by atoms with Gasteiger partial charge >= 0.3 is 0 Å². The molecular weight excluding hydrogens is 300 g/mol. The number of hydrogen-bond donors (Lipinski definition) is 2. The minimum absolute atomic E-state index is 0. The number of ether oxygens (including phenoxy) is 1. The highest BCUT2D eigenvalue weighted by Crippen LogP contribution is 2.48. The molecule has 3 N–H and O–H groups in total. The Morgan fingerprint density at radius 1 is 1.18 bits per heavy atom. The lowest BCUT2D eigenvalue weighted by Crippen LogP contribution is -2.46. The van der Waals surface area contributed by atoms with Crippen molar-refractivity contribution in [1.29, 1.82) is 0 Å². The van der Waals surface area contributed by atoms with Crippen LogP contribution in [0.15, 0.2) is 24.3 Å². The summed E-state index contributed by atoms with van der Waals surface area (Å²) in [6.07, 6.45) is 4.35. The lowest BCUT2D eigenvalue weighted by molar-refractivity contribution is -0.128. The van der Waals surface area contributed by atoms with Crippen LogP contribution < -0.4 is 15.8 Å². The van der Waals surface area contributed by atoms with Crippen LogP contribution in [0.3, 0.4) is 0 Å². The average Bonchev–Trinajstić information content (AvgIpc) is 3.08. The van der Waals surface area contributed by atoms with Crippen LogP contribution in [0, 0.1) is 17.8 Å². The molecule has 1 heterocycles. The molecule has 1 aromatic carbocycles. The summed E-state index contributed by atoms with van der Waals surface area (Å²) >= 11 is 0. The van der Waals surface area contributed by atoms with E-state index in [1.165, 1.54) is 12.8 Å². The van der Waals surface area contributed by atoms with Gasteiger partial charge in [-0.25, -0.2) is 0 Å². The minimum Gasteiger partial charge on any atom is -0.493 e. The first-order valence-electron chi connectivity index (χ1n) is 8.01. The summed E-state index contributed by atoms with van der Waals surface area (Å²) in [5.41, 5.74) is 7.37. The molecule has 2 fully saturated rings. The van der Waals surface area contributed by atoms with Gasteiger partial charge in [0.05, 0.1) is 18.6 Å². The van der Waals surface area contributed by atoms with Crippen molar-refractivity contribution in [1.82, 2.24) is 5.32 Å². The lowest BCUT2D eigenvalue weighted by Gasteiger charge is -2.31. The first-order chi connectivity index (χ1) is 10.2. The normalized spacial score (nSPS) is 35.2. The first kappa shape index (κ1) is 15.6. The lowest BCUT2D eigenvalue weighted by atomic mass is 9.84. The molecule has 3 aliphatic rings. The zero-order chi connectivity index (χ0) is 14.4. The number of hydrogen-bond acceptors (Lipinski definition) is 3. The SMILES string of the molecule is Cl.NC1C2CCC(C2)C1C(=O)NC1CCOc2ccccc21. The van der Waals surface area contributed by atoms with Gasteiger partial charge in [-0.15, -0.1) is 12.4 Å². The van der Waals surface area contributed by atoms with Crippen molar-refractivity contribution in [2.45, 2.75) is 37.8 Å². The fourth-order valence-electron chi connectivity index (χ4n) is 4.48. The highest BCUT2D eigenvalue weighted by Gasteiger charge is 2.49. The standard InChI is InChI=1S/C17H22N2O2.ClH/c18-16-11-6-5-10(9-11)15(16)17(20)19-13-7-8-21-14-4-2-1-3-12(13)14;/h1-4,10-11,13,15-16H,5-9,18H2,(H,19,20);1H. The van der Waals surface area contributed by atoms with Crippen LogP contribution in [0.2, 0.25) is 0 Å². The van der Waals surface area contributed by atoms with E-state index in [2.05, 4.69) is 5.32 Å². The van der Waals surface area contributed by atoms with Gasteiger partial charge in [-0.05, 0) is 37.2 Å². The van der Waals surface area contributed by atoms with Crippen LogP contribution in [-0.4, -0.2) is 18.6 Å². The summed E-state index contributed by atoms with van der Waals surface area (Å²) in [5, 5.41) is 3.23. The van der Waals surface area contributed by atoms with Crippen LogP contribution in [0.25, 0.3) is 0 Å². The number of carbonyl (C=O) groups excluding carboxylic acids is 1. The molecule has 1 aromatic rings. The fraction of sp³-hybridized carbons (Fsp3) is 0.588. The summed E-state index contributed by atoms with van der Waals surface area (Å²) in [5.74, 6) is 2.12. The second kappa shape index (κ2) is 6.09. The molecule has 120 valence electrons. The maximum atomic E-state index is 12.7. The largest absolute Gasteiger partial charge is 0.493 e. The van der Waals surface area contributed by atoms with Gasteiger partial charge in [-0.2, -0.15) is 0 Å². The molecular formula is C17H23ClN2O2. The van der Waals surface area contributed by atoms with Crippen molar-refractivity contribution in [2.75, 3.05) is 6.61 Å². The van der Waals surface area contributed by atoms with E-state index in [1.54, 1.807) is 0 Å². The Hall–Kier alpha value is -1.26. The van der Waals surface area contributed by atoms with E-state index in [0.29, 0.717) is 18.4 Å². The molecule has 0 aromatic heterocycles. The molecule has 5 atom stereocenters. The number of nitrogens with two attached hydrogens (primary N) is 1. The van der Waals surface area contributed by atoms with Crippen LogP contribution in [-0.2, 0) is 4.79 Å². The smallest absolute Gasteiger partial charge is 0.225 e. The zero-order valence-corrected chi connectivity index (χ0v) is 13.4. The van der Waals surface area contributed by atoms with Gasteiger partial charge in [-0.1, -0.05) is 18.2 Å². The van der Waals surface area contributed by atoms with Crippen LogP contribution in [0.5, 0.6) is 5.75 Å². The van der Waals surface area contributed by atoms with E-state index in [-0.39, 0.29) is 36.3 Å². The molecule has 5 unspecified atom stereocenters. The predicted molar refractivity (Wildman–Crippen MR) is 87.0 cm³/mol. The Labute approximate surface area is 137 Å². The number of para-hydroxylation sites is 1. The van der Waals surface area contributed by atoms with Gasteiger partial charge < -0.3 is 15.8 Å². The number of halogens is 1. The summed E-state index contributed by atoms with van der Waals surface area (Å²) in [6, 6.07) is 8.09. The van der Waals surface area contributed by atoms with Crippen molar-refractivity contribution >= 4 is 18.3 Å². The van der Waals surface area contributed by atoms with Gasteiger partial charge in [0.1, 0.15) is 5.75 Å². The molecule has 2 bridgehead atoms. The summed E-state index contributed by atoms with van der Waals surface area (Å²) in [7, 11) is 0. The third kappa shape index (κ3) is 2.48. The average molecular weight is 323 g/mol. The minimum atomic E-state index is 0. The monoisotopic (exact) mass is 322 g/mol. The highest BCUT2D eigenvalue weighted by atomic mass is 35.5. The van der Waals surface area contributed by atoms with E-state index in [9.17, 15) is 4.79 Å². The molecule has 2 aliphatic carbocycles. The summed E-state index contributed by atoms with van der Waals surface area (Å²) in [6.45, 7) is 0.657. The van der Waals surface area contributed by atoms with Crippen molar-refractivity contribution in [2.24, 2.45) is 23.5 Å². The molecule has 5 heteroatoms. The third-order valence-electron chi connectivity index (χ3n) is 5.56. The van der Waals surface area contributed by atoms with Gasteiger partial charge in [-0.3, -0.25) is 4.79 Å². The van der Waals surface area contributed by atoms with E-state index >= 15 is 0 Å². The topological polar surface area (TPSA) is 64.4 Å². The molecule has 4 nitrogen and oxygen atoms in total. The molecule has 1 amide bonds. The molecule has 4 rings (SSSR count). The number of carbonyl (C=O) groups is 1. The maximum Gasteiger partial charge on any atom is 0.225 e. The third-order valence-corrected chi connectivity index (χ3v) is 5.56. The molecule has 0 saturated heterocycles. The summed E-state index contributed by atoms with van der Waals surface area (Å²) in [4.78, 5) is 12.7. The van der Waals surface area contributed by atoms with Crippen LogP contribution >= 0.6 is 12.4 Å². The molecule has 2 saturated carbocycles. The molecule has 22 heavy (non-hydrogen) atoms. The Balaban J connectivity index is 0.00000144. The second-order valence-corrected chi connectivity index (χ2v) is 6.67. The second-order valence-electron chi connectivity index (χ2n) is 6.67. The van der Waals surface area contributed by atoms with E-state index in [1.807, 2.05) is 24.3 Å². The van der Waals surface area contributed by atoms with E-state index in [0.717, 1.165) is 24.2 Å². The molecule has 1 aliphatic heterocycles. The number of amides is 1. The van der Waals surface area contributed by atoms with Crippen molar-refractivity contribution in [3.8, 4) is 5.75 Å². The summed E-state index contributed by atoms with van der Waals surface area (Å²) < 4.78 is 5.66. The highest BCUT2D eigenvalue weighted by molar-refractivity contribution is 5.85. The van der Waals surface area contributed by atoms with Crippen molar-refractivity contribution in [3.63, 3.8) is 0 Å². The zero-order valence-electron chi connectivity index (χ0n) is 12.5. The molecule has 0 spiro atoms. The number of nitrogens with one attached hydrogen (secondary N) is 1. The number of benzene rings is 1. The Morgan fingerprint density at radius 3 is 2.73 bits per heavy atom. The first-order valence-corrected chi connectivity index (χ1v) is 8.01. The number of rotatable bonds is 2. The van der Waals surface area contributed by atoms with Crippen molar-refractivity contribution < 1.29 is 9.53 Å². The van der Waals surface area contributed by atoms with Gasteiger partial charge in [0.2, 0.25) is 5.91 Å². The van der Waals surface area contributed by atoms with Crippen LogP contribution in [0.1, 0.15) is 37.3 Å². The number of fused-ring (bicyclic) bond motifs is 3. The van der Waals surface area contributed by atoms with Gasteiger partial charge in [0.25, 0.3) is 0 Å². The Kier molecular flexibility index (Phi) is 4.33. The van der Waals surface area contributed by atoms with Gasteiger partial charge in [0, 0.05) is 18.0 Å². The Bertz CT molecular complexity index is 563. The van der Waals surface area contributed by atoms with Crippen LogP contribution in [0.4, 0.5) is 0 Å². The van der Waals surface area contributed by atoms with E-state index < -0.39 is 0 Å². The molecule has 0 radical (unpaired) electrons. The quantitative estimate of drug-likeness (QED) is 0.879. The Morgan fingerprint density at radius 2 is 1.95 bits per heavy atom. The predicted octanol–water partition coefficient (Wildman–Crippen LogP) is 2.42. The fourth-order valence-corrected chi connectivity index (χ4v) is 4.48. The maximum absolute atomic E-state index is 12.7. The van der Waals surface area contributed by atoms with E-state index in [4.69, 9.17) is 10.5 Å².